The van der Waals surface area contributed by atoms with E-state index in [1.807, 2.05) is 0 Å². The first kappa shape index (κ1) is 18.5. The minimum absolute atomic E-state index is 0.651. The summed E-state index contributed by atoms with van der Waals surface area (Å²) in [5.41, 5.74) is 1.34. The summed E-state index contributed by atoms with van der Waals surface area (Å²) in [5, 5.41) is 0. The summed E-state index contributed by atoms with van der Waals surface area (Å²) in [7, 11) is 0. The molecule has 0 N–H and O–H groups in total. The summed E-state index contributed by atoms with van der Waals surface area (Å²) in [5.74, 6) is 0.651. The van der Waals surface area contributed by atoms with E-state index < -0.39 is 0 Å². The van der Waals surface area contributed by atoms with Gasteiger partial charge in [0.25, 0.3) is 0 Å². The van der Waals surface area contributed by atoms with E-state index in [1.54, 1.807) is 0 Å². The molecule has 1 rings (SSSR count). The summed E-state index contributed by atoms with van der Waals surface area (Å²) in [6, 6.07) is 0. The molecule has 0 saturated carbocycles. The maximum absolute atomic E-state index is 4.46. The van der Waals surface area contributed by atoms with Crippen LogP contribution in [0.5, 0.6) is 0 Å². The molecule has 0 aromatic rings. The second-order valence-electron chi connectivity index (χ2n) is 6.67. The third-order valence-corrected chi connectivity index (χ3v) is 4.68. The van der Waals surface area contributed by atoms with E-state index in [-0.39, 0.29) is 0 Å². The maximum Gasteiger partial charge on any atom is 0.0398 e. The highest BCUT2D eigenvalue weighted by molar-refractivity contribution is 5.87. The zero-order chi connectivity index (χ0) is 15.2. The molecule has 0 amide bonds. The summed E-state index contributed by atoms with van der Waals surface area (Å²) >= 11 is 0. The zero-order valence-corrected chi connectivity index (χ0v) is 14.6. The van der Waals surface area contributed by atoms with Gasteiger partial charge in [0.15, 0.2) is 0 Å². The van der Waals surface area contributed by atoms with Crippen LogP contribution in [-0.4, -0.2) is 12.3 Å². The fourth-order valence-electron chi connectivity index (χ4n) is 3.13. The number of hydrogen-bond acceptors (Lipinski definition) is 1. The van der Waals surface area contributed by atoms with Crippen LogP contribution in [0.15, 0.2) is 17.1 Å². The van der Waals surface area contributed by atoms with Gasteiger partial charge in [-0.1, -0.05) is 83.3 Å². The van der Waals surface area contributed by atoms with Crippen LogP contribution in [0.25, 0.3) is 0 Å². The first-order valence-electron chi connectivity index (χ1n) is 9.52. The third kappa shape index (κ3) is 9.87. The van der Waals surface area contributed by atoms with E-state index in [0.717, 1.165) is 6.54 Å². The van der Waals surface area contributed by atoms with Crippen LogP contribution in [0.3, 0.4) is 0 Å². The standard InChI is InChI=1S/C20H37N/c1-3-4-5-6-7-8-9-10-11-12-13-14-15-16-20-17-18-21-19(20)2/h15-16,20H,3-14,17-18H2,1-2H3/b16-15+. The van der Waals surface area contributed by atoms with Crippen LogP contribution in [0.2, 0.25) is 0 Å². The van der Waals surface area contributed by atoms with Gasteiger partial charge in [0, 0.05) is 18.2 Å². The zero-order valence-electron chi connectivity index (χ0n) is 14.6. The van der Waals surface area contributed by atoms with Crippen molar-refractivity contribution >= 4 is 5.71 Å². The molecule has 1 heterocycles. The molecule has 0 aromatic carbocycles. The highest BCUT2D eigenvalue weighted by Crippen LogP contribution is 2.16. The second kappa shape index (κ2) is 13.1. The van der Waals surface area contributed by atoms with Crippen LogP contribution in [0, 0.1) is 5.92 Å². The van der Waals surface area contributed by atoms with Gasteiger partial charge >= 0.3 is 0 Å². The lowest BCUT2D eigenvalue weighted by molar-refractivity contribution is 0.550. The first-order chi connectivity index (χ1) is 10.3. The van der Waals surface area contributed by atoms with E-state index in [0.29, 0.717) is 5.92 Å². The lowest BCUT2D eigenvalue weighted by Gasteiger charge is -2.03. The van der Waals surface area contributed by atoms with Gasteiger partial charge in [-0.15, -0.1) is 0 Å². The Labute approximate surface area is 133 Å². The molecule has 0 aromatic heterocycles. The first-order valence-corrected chi connectivity index (χ1v) is 9.52. The molecule has 0 fully saturated rings. The molecule has 1 unspecified atom stereocenters. The molecular weight excluding hydrogens is 254 g/mol. The van der Waals surface area contributed by atoms with Gasteiger partial charge in [-0.2, -0.15) is 0 Å². The van der Waals surface area contributed by atoms with Gasteiger partial charge < -0.3 is 0 Å². The van der Waals surface area contributed by atoms with Crippen LogP contribution in [0.1, 0.15) is 97.3 Å². The molecule has 0 radical (unpaired) electrons. The van der Waals surface area contributed by atoms with Crippen LogP contribution < -0.4 is 0 Å². The number of rotatable bonds is 13. The molecule has 1 heteroatoms. The lowest BCUT2D eigenvalue weighted by atomic mass is 10.0. The van der Waals surface area contributed by atoms with E-state index in [1.165, 1.54) is 89.2 Å². The number of unbranched alkanes of at least 4 members (excludes halogenated alkanes) is 11. The Kier molecular flexibility index (Phi) is 11.5. The average molecular weight is 292 g/mol. The van der Waals surface area contributed by atoms with Crippen molar-refractivity contribution in [1.82, 2.24) is 0 Å². The maximum atomic E-state index is 4.46. The van der Waals surface area contributed by atoms with Crippen molar-refractivity contribution in [3.8, 4) is 0 Å². The van der Waals surface area contributed by atoms with Gasteiger partial charge in [0.05, 0.1) is 0 Å². The second-order valence-corrected chi connectivity index (χ2v) is 6.67. The normalized spacial score (nSPS) is 18.6. The molecule has 0 bridgehead atoms. The molecule has 0 saturated heterocycles. The molecule has 0 spiro atoms. The predicted molar refractivity (Wildman–Crippen MR) is 96.3 cm³/mol. The van der Waals surface area contributed by atoms with Crippen molar-refractivity contribution in [3.63, 3.8) is 0 Å². The monoisotopic (exact) mass is 291 g/mol. The Morgan fingerprint density at radius 1 is 0.905 bits per heavy atom. The fraction of sp³-hybridized carbons (Fsp3) is 0.850. The largest absolute Gasteiger partial charge is 0.294 e. The van der Waals surface area contributed by atoms with E-state index in [4.69, 9.17) is 0 Å². The molecular formula is C20H37N. The molecule has 1 nitrogen and oxygen atoms in total. The number of nitrogens with zero attached hydrogens (tertiary/aromatic N) is 1. The number of aliphatic imine (C=N–C) groups is 1. The van der Waals surface area contributed by atoms with Crippen molar-refractivity contribution in [3.05, 3.63) is 12.2 Å². The summed E-state index contributed by atoms with van der Waals surface area (Å²) in [6.07, 6.45) is 23.0. The van der Waals surface area contributed by atoms with Crippen molar-refractivity contribution in [1.29, 1.82) is 0 Å². The molecule has 1 atom stereocenters. The Balaban J connectivity index is 1.78. The molecule has 122 valence electrons. The minimum Gasteiger partial charge on any atom is -0.294 e. The highest BCUT2D eigenvalue weighted by atomic mass is 14.8. The van der Waals surface area contributed by atoms with Crippen molar-refractivity contribution < 1.29 is 0 Å². The fourth-order valence-corrected chi connectivity index (χ4v) is 3.13. The van der Waals surface area contributed by atoms with E-state index >= 15 is 0 Å². The van der Waals surface area contributed by atoms with Gasteiger partial charge in [-0.3, -0.25) is 4.99 Å². The van der Waals surface area contributed by atoms with Crippen molar-refractivity contribution in [2.75, 3.05) is 6.54 Å². The smallest absolute Gasteiger partial charge is 0.0398 e. The topological polar surface area (TPSA) is 12.4 Å². The lowest BCUT2D eigenvalue weighted by Crippen LogP contribution is -2.01. The van der Waals surface area contributed by atoms with Crippen molar-refractivity contribution in [2.45, 2.75) is 97.3 Å². The van der Waals surface area contributed by atoms with Crippen molar-refractivity contribution in [2.24, 2.45) is 10.9 Å². The SMILES string of the molecule is CCCCCCCCCCCCC/C=C/C1CCN=C1C. The Bertz CT molecular complexity index is 290. The summed E-state index contributed by atoms with van der Waals surface area (Å²) in [6.45, 7) is 5.50. The van der Waals surface area contributed by atoms with Gasteiger partial charge in [-0.25, -0.2) is 0 Å². The van der Waals surface area contributed by atoms with Gasteiger partial charge in [0.2, 0.25) is 0 Å². The summed E-state index contributed by atoms with van der Waals surface area (Å²) in [4.78, 5) is 4.46. The van der Waals surface area contributed by atoms with E-state index in [2.05, 4.69) is 31.0 Å². The predicted octanol–water partition coefficient (Wildman–Crippen LogP) is 6.72. The molecule has 1 aliphatic rings. The average Bonchev–Trinajstić information content (AvgIpc) is 2.89. The highest BCUT2D eigenvalue weighted by Gasteiger charge is 2.12. The van der Waals surface area contributed by atoms with E-state index in [9.17, 15) is 0 Å². The quantitative estimate of drug-likeness (QED) is 0.264. The van der Waals surface area contributed by atoms with Crippen LogP contribution >= 0.6 is 0 Å². The summed E-state index contributed by atoms with van der Waals surface area (Å²) < 4.78 is 0. The van der Waals surface area contributed by atoms with Gasteiger partial charge in [-0.05, 0) is 26.2 Å². The third-order valence-electron chi connectivity index (χ3n) is 4.68. The van der Waals surface area contributed by atoms with Gasteiger partial charge in [0.1, 0.15) is 0 Å². The molecule has 0 aliphatic carbocycles. The minimum atomic E-state index is 0.651. The Morgan fingerprint density at radius 3 is 2.00 bits per heavy atom. The van der Waals surface area contributed by atoms with Crippen LogP contribution in [-0.2, 0) is 0 Å². The molecule has 1 aliphatic heterocycles. The Morgan fingerprint density at radius 2 is 1.48 bits per heavy atom. The number of allylic oxidation sites excluding steroid dienone is 2. The Hall–Kier alpha value is -0.590. The number of hydrogen-bond donors (Lipinski definition) is 0. The van der Waals surface area contributed by atoms with Crippen LogP contribution in [0.4, 0.5) is 0 Å². The molecule has 21 heavy (non-hydrogen) atoms.